The number of nitrogens with one attached hydrogen (secondary N) is 1. The Kier molecular flexibility index (Phi) is 7.99. The molecule has 0 aromatic heterocycles. The maximum atomic E-state index is 10.5. The Morgan fingerprint density at radius 2 is 1.77 bits per heavy atom. The Balaban J connectivity index is 0.000000424. The standard InChI is InChI=1S/C8H9NO.Cl2S/c1-7(10)9-8-5-3-2-4-6-8;1-3-2/h2-6H,1H3,(H,9,10);. The topological polar surface area (TPSA) is 29.1 Å². The number of hydrogen-bond acceptors (Lipinski definition) is 2. The molecule has 13 heavy (non-hydrogen) atoms. The lowest BCUT2D eigenvalue weighted by atomic mass is 10.3. The fourth-order valence-corrected chi connectivity index (χ4v) is 0.725. The second-order valence-electron chi connectivity index (χ2n) is 2.11. The van der Waals surface area contributed by atoms with Gasteiger partial charge in [0.25, 0.3) is 0 Å². The van der Waals surface area contributed by atoms with Gasteiger partial charge in [0.15, 0.2) is 0 Å². The number of carbonyl (C=O) groups excluding carboxylic acids is 1. The number of hydrogen-bond donors (Lipinski definition) is 1. The molecule has 1 N–H and O–H groups in total. The highest BCUT2D eigenvalue weighted by atomic mass is 36.0. The van der Waals surface area contributed by atoms with E-state index in [2.05, 4.69) is 26.7 Å². The van der Waals surface area contributed by atoms with E-state index in [9.17, 15) is 4.79 Å². The predicted molar refractivity (Wildman–Crippen MR) is 60.0 cm³/mol. The van der Waals surface area contributed by atoms with Crippen LogP contribution < -0.4 is 5.32 Å². The van der Waals surface area contributed by atoms with Gasteiger partial charge in [0, 0.05) is 12.6 Å². The van der Waals surface area contributed by atoms with E-state index < -0.39 is 0 Å². The normalized spacial score (nSPS) is 8.23. The molecule has 1 amide bonds. The van der Waals surface area contributed by atoms with Crippen molar-refractivity contribution in [2.75, 3.05) is 5.32 Å². The molecule has 0 aliphatic heterocycles. The van der Waals surface area contributed by atoms with E-state index in [0.717, 1.165) is 5.69 Å². The molecule has 1 aromatic rings. The fourth-order valence-electron chi connectivity index (χ4n) is 0.725. The molecular weight excluding hydrogens is 229 g/mol. The molecule has 0 saturated heterocycles. The van der Waals surface area contributed by atoms with E-state index in [1.165, 1.54) is 6.92 Å². The number of benzene rings is 1. The van der Waals surface area contributed by atoms with Crippen molar-refractivity contribution in [2.24, 2.45) is 0 Å². The van der Waals surface area contributed by atoms with Gasteiger partial charge in [-0.15, -0.1) is 0 Å². The molecule has 0 fully saturated rings. The molecule has 2 nitrogen and oxygen atoms in total. The zero-order chi connectivity index (χ0) is 10.1. The lowest BCUT2D eigenvalue weighted by Crippen LogP contribution is -2.04. The van der Waals surface area contributed by atoms with E-state index >= 15 is 0 Å². The molecule has 5 heteroatoms. The number of anilines is 1. The van der Waals surface area contributed by atoms with Gasteiger partial charge in [-0.3, -0.25) is 4.79 Å². The first kappa shape index (κ1) is 12.6. The highest BCUT2D eigenvalue weighted by Crippen LogP contribution is 2.08. The van der Waals surface area contributed by atoms with E-state index in [0.29, 0.717) is 10.2 Å². The Labute approximate surface area is 90.6 Å². The Morgan fingerprint density at radius 3 is 2.15 bits per heavy atom. The summed E-state index contributed by atoms with van der Waals surface area (Å²) in [6, 6.07) is 9.37. The van der Waals surface area contributed by atoms with E-state index in [4.69, 9.17) is 0 Å². The minimum Gasteiger partial charge on any atom is -0.326 e. The minimum atomic E-state index is -0.0359. The van der Waals surface area contributed by atoms with Crippen molar-refractivity contribution in [3.63, 3.8) is 0 Å². The quantitative estimate of drug-likeness (QED) is 0.808. The molecule has 0 saturated carbocycles. The van der Waals surface area contributed by atoms with Crippen LogP contribution in [0.2, 0.25) is 0 Å². The minimum absolute atomic E-state index is 0.0359. The SMILES string of the molecule is CC(=O)Nc1ccccc1.ClSCl. The maximum absolute atomic E-state index is 10.5. The van der Waals surface area contributed by atoms with Crippen LogP contribution in [0.3, 0.4) is 0 Å². The summed E-state index contributed by atoms with van der Waals surface area (Å²) >= 11 is 0. The summed E-state index contributed by atoms with van der Waals surface area (Å²) in [6.45, 7) is 1.49. The van der Waals surface area contributed by atoms with E-state index in [-0.39, 0.29) is 5.91 Å². The molecule has 1 aromatic carbocycles. The van der Waals surface area contributed by atoms with Crippen LogP contribution >= 0.6 is 31.6 Å². The molecule has 72 valence electrons. The van der Waals surface area contributed by atoms with Crippen molar-refractivity contribution < 1.29 is 4.79 Å². The molecule has 0 heterocycles. The zero-order valence-corrected chi connectivity index (χ0v) is 9.29. The van der Waals surface area contributed by atoms with Crippen molar-refractivity contribution in [2.45, 2.75) is 6.92 Å². The van der Waals surface area contributed by atoms with E-state index in [1.807, 2.05) is 30.3 Å². The third-order valence-corrected chi connectivity index (χ3v) is 1.09. The van der Waals surface area contributed by atoms with Gasteiger partial charge in [0.2, 0.25) is 5.91 Å². The Bertz CT molecular complexity index is 243. The van der Waals surface area contributed by atoms with Crippen molar-refractivity contribution >= 4 is 43.1 Å². The average Bonchev–Trinajstić information content (AvgIpc) is 2.06. The third-order valence-electron chi connectivity index (χ3n) is 1.09. The first-order chi connectivity index (χ1) is 6.20. The summed E-state index contributed by atoms with van der Waals surface area (Å²) < 4.78 is 0. The molecule has 0 bridgehead atoms. The Hall–Kier alpha value is -0.380. The lowest BCUT2D eigenvalue weighted by molar-refractivity contribution is -0.114. The monoisotopic (exact) mass is 237 g/mol. The van der Waals surface area contributed by atoms with Gasteiger partial charge < -0.3 is 5.32 Å². The second kappa shape index (κ2) is 8.23. The van der Waals surface area contributed by atoms with Gasteiger partial charge >= 0.3 is 0 Å². The van der Waals surface area contributed by atoms with Crippen LogP contribution in [0.1, 0.15) is 6.92 Å². The highest BCUT2D eigenvalue weighted by Gasteiger charge is 1.90. The second-order valence-corrected chi connectivity index (χ2v) is 3.62. The van der Waals surface area contributed by atoms with Crippen LogP contribution in [0.15, 0.2) is 30.3 Å². The van der Waals surface area contributed by atoms with Gasteiger partial charge in [0.1, 0.15) is 0 Å². The first-order valence-corrected chi connectivity index (χ1v) is 5.89. The number of halogens is 2. The summed E-state index contributed by atoms with van der Waals surface area (Å²) in [7, 11) is 10.1. The van der Waals surface area contributed by atoms with Crippen LogP contribution in [-0.4, -0.2) is 5.91 Å². The van der Waals surface area contributed by atoms with Crippen molar-refractivity contribution in [3.8, 4) is 0 Å². The summed E-state index contributed by atoms with van der Waals surface area (Å²) in [5.74, 6) is -0.0359. The average molecular weight is 238 g/mol. The molecule has 0 unspecified atom stereocenters. The summed E-state index contributed by atoms with van der Waals surface area (Å²) in [6.07, 6.45) is 0. The fraction of sp³-hybridized carbons (Fsp3) is 0.125. The van der Waals surface area contributed by atoms with Crippen molar-refractivity contribution in [1.82, 2.24) is 0 Å². The predicted octanol–water partition coefficient (Wildman–Crippen LogP) is 3.67. The van der Waals surface area contributed by atoms with Crippen LogP contribution in [0, 0.1) is 0 Å². The number of carbonyl (C=O) groups is 1. The van der Waals surface area contributed by atoms with Crippen LogP contribution in [-0.2, 0) is 4.79 Å². The maximum Gasteiger partial charge on any atom is 0.221 e. The first-order valence-electron chi connectivity index (χ1n) is 3.42. The van der Waals surface area contributed by atoms with Crippen LogP contribution in [0.5, 0.6) is 0 Å². The molecule has 0 radical (unpaired) electrons. The third kappa shape index (κ3) is 7.96. The molecule has 1 rings (SSSR count). The van der Waals surface area contributed by atoms with Crippen molar-refractivity contribution in [1.29, 1.82) is 0 Å². The summed E-state index contributed by atoms with van der Waals surface area (Å²) in [4.78, 5) is 10.5. The highest BCUT2D eigenvalue weighted by molar-refractivity contribution is 8.38. The lowest BCUT2D eigenvalue weighted by Gasteiger charge is -1.98. The van der Waals surface area contributed by atoms with Gasteiger partial charge in [-0.2, -0.15) is 0 Å². The largest absolute Gasteiger partial charge is 0.326 e. The summed E-state index contributed by atoms with van der Waals surface area (Å²) in [5.41, 5.74) is 0.843. The Morgan fingerprint density at radius 1 is 1.31 bits per heavy atom. The molecular formula is C8H9Cl2NOS. The van der Waals surface area contributed by atoms with Crippen LogP contribution in [0.25, 0.3) is 0 Å². The summed E-state index contributed by atoms with van der Waals surface area (Å²) in [5, 5.41) is 2.67. The van der Waals surface area contributed by atoms with E-state index in [1.54, 1.807) is 0 Å². The molecule has 0 spiro atoms. The van der Waals surface area contributed by atoms with Crippen molar-refractivity contribution in [3.05, 3.63) is 30.3 Å². The number of rotatable bonds is 1. The van der Waals surface area contributed by atoms with Gasteiger partial charge in [0.05, 0.1) is 10.2 Å². The van der Waals surface area contributed by atoms with Crippen LogP contribution in [0.4, 0.5) is 5.69 Å². The van der Waals surface area contributed by atoms with Gasteiger partial charge in [-0.25, -0.2) is 0 Å². The van der Waals surface area contributed by atoms with Gasteiger partial charge in [-0.1, -0.05) is 18.2 Å². The number of para-hydroxylation sites is 1. The molecule has 0 atom stereocenters. The smallest absolute Gasteiger partial charge is 0.221 e. The zero-order valence-electron chi connectivity index (χ0n) is 6.96. The molecule has 0 aliphatic carbocycles. The van der Waals surface area contributed by atoms with Gasteiger partial charge in [-0.05, 0) is 33.5 Å². The molecule has 0 aliphatic rings. The number of amides is 1.